The van der Waals surface area contributed by atoms with E-state index in [1.807, 2.05) is 42.1 Å². The predicted octanol–water partition coefficient (Wildman–Crippen LogP) is 2.99. The Labute approximate surface area is 150 Å². The van der Waals surface area contributed by atoms with Crippen molar-refractivity contribution in [3.63, 3.8) is 0 Å². The summed E-state index contributed by atoms with van der Waals surface area (Å²) in [5.41, 5.74) is 2.04. The van der Waals surface area contributed by atoms with Gasteiger partial charge in [-0.05, 0) is 18.2 Å². The fourth-order valence-electron chi connectivity index (χ4n) is 2.71. The first-order valence-corrected chi connectivity index (χ1v) is 8.30. The highest BCUT2D eigenvalue weighted by atomic mass is 35.5. The van der Waals surface area contributed by atoms with Gasteiger partial charge in [0, 0.05) is 37.2 Å². The van der Waals surface area contributed by atoms with Gasteiger partial charge in [0.15, 0.2) is 0 Å². The van der Waals surface area contributed by atoms with Crippen molar-refractivity contribution < 1.29 is 9.59 Å². The zero-order valence-electron chi connectivity index (χ0n) is 13.8. The SMILES string of the molecule is Cn1cc(C(=O)NCCNC(=O)c2ccccc2Cl)c2ccccc21. The van der Waals surface area contributed by atoms with Crippen LogP contribution in [0.25, 0.3) is 10.9 Å². The average Bonchev–Trinajstić information content (AvgIpc) is 2.96. The smallest absolute Gasteiger partial charge is 0.253 e. The molecule has 1 aromatic heterocycles. The molecule has 2 aromatic carbocycles. The molecule has 0 unspecified atom stereocenters. The van der Waals surface area contributed by atoms with Gasteiger partial charge in [0.05, 0.1) is 16.1 Å². The fraction of sp³-hybridized carbons (Fsp3) is 0.158. The molecule has 0 aliphatic carbocycles. The standard InChI is InChI=1S/C19H18ClN3O2/c1-23-12-15(13-6-3-5-9-17(13)23)19(25)22-11-10-21-18(24)14-7-2-4-8-16(14)20/h2-9,12H,10-11H2,1H3,(H,21,24)(H,22,25). The molecule has 0 saturated heterocycles. The van der Waals surface area contributed by atoms with Crippen LogP contribution in [0.5, 0.6) is 0 Å². The maximum absolute atomic E-state index is 12.4. The largest absolute Gasteiger partial charge is 0.350 e. The number of carbonyl (C=O) groups is 2. The molecule has 3 rings (SSSR count). The van der Waals surface area contributed by atoms with Crippen LogP contribution in [0.2, 0.25) is 5.02 Å². The second-order valence-corrected chi connectivity index (χ2v) is 6.07. The van der Waals surface area contributed by atoms with Gasteiger partial charge in [-0.1, -0.05) is 41.9 Å². The van der Waals surface area contributed by atoms with E-state index in [2.05, 4.69) is 10.6 Å². The van der Waals surface area contributed by atoms with Crippen LogP contribution in [0.4, 0.5) is 0 Å². The predicted molar refractivity (Wildman–Crippen MR) is 99.0 cm³/mol. The minimum Gasteiger partial charge on any atom is -0.350 e. The number of rotatable bonds is 5. The van der Waals surface area contributed by atoms with Crippen LogP contribution in [0.3, 0.4) is 0 Å². The number of nitrogens with zero attached hydrogens (tertiary/aromatic N) is 1. The summed E-state index contributed by atoms with van der Waals surface area (Å²) in [6, 6.07) is 14.6. The number of aromatic nitrogens is 1. The molecule has 2 N–H and O–H groups in total. The minimum absolute atomic E-state index is 0.163. The van der Waals surface area contributed by atoms with Crippen LogP contribution in [0.15, 0.2) is 54.7 Å². The highest BCUT2D eigenvalue weighted by Crippen LogP contribution is 2.20. The number of fused-ring (bicyclic) bond motifs is 1. The Balaban J connectivity index is 1.56. The van der Waals surface area contributed by atoms with Crippen molar-refractivity contribution in [2.24, 2.45) is 7.05 Å². The Morgan fingerprint density at radius 2 is 1.52 bits per heavy atom. The molecule has 0 saturated carbocycles. The van der Waals surface area contributed by atoms with Crippen molar-refractivity contribution in [3.05, 3.63) is 70.9 Å². The van der Waals surface area contributed by atoms with E-state index in [0.29, 0.717) is 29.2 Å². The van der Waals surface area contributed by atoms with Gasteiger partial charge in [0.1, 0.15) is 0 Å². The van der Waals surface area contributed by atoms with E-state index in [4.69, 9.17) is 11.6 Å². The van der Waals surface area contributed by atoms with Crippen LogP contribution in [-0.2, 0) is 7.05 Å². The zero-order valence-corrected chi connectivity index (χ0v) is 14.5. The van der Waals surface area contributed by atoms with Gasteiger partial charge in [0.25, 0.3) is 11.8 Å². The lowest BCUT2D eigenvalue weighted by atomic mass is 10.1. The molecule has 0 bridgehead atoms. The summed E-state index contributed by atoms with van der Waals surface area (Å²) in [6.07, 6.45) is 1.81. The van der Waals surface area contributed by atoms with Gasteiger partial charge in [-0.2, -0.15) is 0 Å². The van der Waals surface area contributed by atoms with E-state index in [1.165, 1.54) is 0 Å². The molecule has 0 fully saturated rings. The maximum Gasteiger partial charge on any atom is 0.253 e. The molecular weight excluding hydrogens is 338 g/mol. The second kappa shape index (κ2) is 7.40. The van der Waals surface area contributed by atoms with E-state index < -0.39 is 0 Å². The van der Waals surface area contributed by atoms with Crippen molar-refractivity contribution >= 4 is 34.3 Å². The van der Waals surface area contributed by atoms with E-state index >= 15 is 0 Å². The summed E-state index contributed by atoms with van der Waals surface area (Å²) in [7, 11) is 1.91. The third kappa shape index (κ3) is 3.67. The number of amides is 2. The van der Waals surface area contributed by atoms with Crippen LogP contribution in [0.1, 0.15) is 20.7 Å². The van der Waals surface area contributed by atoms with Crippen LogP contribution < -0.4 is 10.6 Å². The second-order valence-electron chi connectivity index (χ2n) is 5.66. The summed E-state index contributed by atoms with van der Waals surface area (Å²) >= 11 is 5.99. The van der Waals surface area contributed by atoms with Crippen LogP contribution in [-0.4, -0.2) is 29.5 Å². The maximum atomic E-state index is 12.4. The molecule has 0 aliphatic heterocycles. The molecule has 6 heteroatoms. The lowest BCUT2D eigenvalue weighted by molar-refractivity contribution is 0.0928. The van der Waals surface area contributed by atoms with Crippen molar-refractivity contribution in [1.82, 2.24) is 15.2 Å². The first-order chi connectivity index (χ1) is 12.1. The van der Waals surface area contributed by atoms with Gasteiger partial charge >= 0.3 is 0 Å². The van der Waals surface area contributed by atoms with Gasteiger partial charge in [-0.15, -0.1) is 0 Å². The fourth-order valence-corrected chi connectivity index (χ4v) is 2.93. The van der Waals surface area contributed by atoms with E-state index in [-0.39, 0.29) is 11.8 Å². The number of aryl methyl sites for hydroxylation is 1. The lowest BCUT2D eigenvalue weighted by Crippen LogP contribution is -2.34. The summed E-state index contributed by atoms with van der Waals surface area (Å²) in [4.78, 5) is 24.4. The third-order valence-electron chi connectivity index (χ3n) is 3.96. The van der Waals surface area contributed by atoms with Gasteiger partial charge in [-0.25, -0.2) is 0 Å². The van der Waals surface area contributed by atoms with E-state index in [1.54, 1.807) is 24.3 Å². The molecule has 1 heterocycles. The van der Waals surface area contributed by atoms with Gasteiger partial charge in [0.2, 0.25) is 0 Å². The Morgan fingerprint density at radius 3 is 2.24 bits per heavy atom. The van der Waals surface area contributed by atoms with Crippen LogP contribution >= 0.6 is 11.6 Å². The molecule has 5 nitrogen and oxygen atoms in total. The van der Waals surface area contributed by atoms with Crippen molar-refractivity contribution in [1.29, 1.82) is 0 Å². The Kier molecular flexibility index (Phi) is 5.05. The molecule has 0 aliphatic rings. The quantitative estimate of drug-likeness (QED) is 0.691. The van der Waals surface area contributed by atoms with Crippen molar-refractivity contribution in [2.45, 2.75) is 0 Å². The normalized spacial score (nSPS) is 10.6. The minimum atomic E-state index is -0.259. The number of hydrogen-bond donors (Lipinski definition) is 2. The molecule has 25 heavy (non-hydrogen) atoms. The molecule has 0 spiro atoms. The Hall–Kier alpha value is -2.79. The number of benzene rings is 2. The molecular formula is C19H18ClN3O2. The number of para-hydroxylation sites is 1. The summed E-state index contributed by atoms with van der Waals surface area (Å²) in [6.45, 7) is 0.652. The number of nitrogens with one attached hydrogen (secondary N) is 2. The Morgan fingerprint density at radius 1 is 0.920 bits per heavy atom. The van der Waals surface area contributed by atoms with Gasteiger partial charge < -0.3 is 15.2 Å². The zero-order chi connectivity index (χ0) is 17.8. The first-order valence-electron chi connectivity index (χ1n) is 7.93. The highest BCUT2D eigenvalue weighted by molar-refractivity contribution is 6.33. The van der Waals surface area contributed by atoms with Gasteiger partial charge in [-0.3, -0.25) is 9.59 Å². The molecule has 3 aromatic rings. The van der Waals surface area contributed by atoms with Crippen molar-refractivity contribution in [2.75, 3.05) is 13.1 Å². The third-order valence-corrected chi connectivity index (χ3v) is 4.29. The number of hydrogen-bond acceptors (Lipinski definition) is 2. The van der Waals surface area contributed by atoms with E-state index in [9.17, 15) is 9.59 Å². The average molecular weight is 356 g/mol. The topological polar surface area (TPSA) is 63.1 Å². The summed E-state index contributed by atoms with van der Waals surface area (Å²) in [5.74, 6) is -0.422. The highest BCUT2D eigenvalue weighted by Gasteiger charge is 2.13. The molecule has 2 amide bonds. The molecule has 0 radical (unpaired) electrons. The summed E-state index contributed by atoms with van der Waals surface area (Å²) < 4.78 is 1.92. The monoisotopic (exact) mass is 355 g/mol. The van der Waals surface area contributed by atoms with Crippen LogP contribution in [0, 0.1) is 0 Å². The number of carbonyl (C=O) groups excluding carboxylic acids is 2. The first kappa shape index (κ1) is 17.0. The molecule has 128 valence electrons. The molecule has 0 atom stereocenters. The van der Waals surface area contributed by atoms with Crippen molar-refractivity contribution in [3.8, 4) is 0 Å². The van der Waals surface area contributed by atoms with E-state index in [0.717, 1.165) is 10.9 Å². The lowest BCUT2D eigenvalue weighted by Gasteiger charge is -2.08. The Bertz CT molecular complexity index is 933. The number of halogens is 1. The summed E-state index contributed by atoms with van der Waals surface area (Å²) in [5, 5.41) is 6.88.